The van der Waals surface area contributed by atoms with E-state index in [4.69, 9.17) is 4.74 Å². The first-order valence-electron chi connectivity index (χ1n) is 6.93. The first-order valence-corrected chi connectivity index (χ1v) is 6.93. The Labute approximate surface area is 110 Å². The third kappa shape index (κ3) is 3.02. The van der Waals surface area contributed by atoms with Crippen molar-refractivity contribution in [2.75, 3.05) is 7.11 Å². The van der Waals surface area contributed by atoms with E-state index >= 15 is 0 Å². The second-order valence-electron chi connectivity index (χ2n) is 5.46. The maximum absolute atomic E-state index is 5.29. The van der Waals surface area contributed by atoms with Gasteiger partial charge in [-0.2, -0.15) is 0 Å². The van der Waals surface area contributed by atoms with Gasteiger partial charge in [0.25, 0.3) is 0 Å². The Bertz CT molecular complexity index is 371. The van der Waals surface area contributed by atoms with Crippen molar-refractivity contribution in [1.29, 1.82) is 0 Å². The molecule has 2 atom stereocenters. The van der Waals surface area contributed by atoms with Crippen LogP contribution in [0.5, 0.6) is 5.88 Å². The van der Waals surface area contributed by atoms with Crippen LogP contribution in [0.4, 0.5) is 0 Å². The van der Waals surface area contributed by atoms with Crippen molar-refractivity contribution in [2.45, 2.75) is 45.7 Å². The van der Waals surface area contributed by atoms with Crippen LogP contribution in [0.15, 0.2) is 18.3 Å². The fourth-order valence-electron chi connectivity index (χ4n) is 3.05. The molecule has 1 aromatic heterocycles. The molecule has 1 saturated carbocycles. The van der Waals surface area contributed by atoms with Crippen molar-refractivity contribution in [1.82, 2.24) is 10.3 Å². The van der Waals surface area contributed by atoms with Gasteiger partial charge in [0, 0.05) is 24.3 Å². The lowest BCUT2D eigenvalue weighted by atomic mass is 9.78. The van der Waals surface area contributed by atoms with Gasteiger partial charge in [0.05, 0.1) is 7.11 Å². The molecule has 1 fully saturated rings. The molecule has 0 saturated heterocycles. The van der Waals surface area contributed by atoms with Crippen LogP contribution in [-0.4, -0.2) is 18.1 Å². The first-order chi connectivity index (χ1) is 8.72. The second kappa shape index (κ2) is 6.19. The quantitative estimate of drug-likeness (QED) is 0.889. The van der Waals surface area contributed by atoms with Gasteiger partial charge >= 0.3 is 0 Å². The van der Waals surface area contributed by atoms with Gasteiger partial charge in [-0.3, -0.25) is 0 Å². The summed E-state index contributed by atoms with van der Waals surface area (Å²) in [6.07, 6.45) is 5.82. The fourth-order valence-corrected chi connectivity index (χ4v) is 3.05. The van der Waals surface area contributed by atoms with E-state index in [2.05, 4.69) is 30.2 Å². The highest BCUT2D eigenvalue weighted by Gasteiger charge is 2.27. The van der Waals surface area contributed by atoms with Crippen LogP contribution < -0.4 is 10.1 Å². The summed E-state index contributed by atoms with van der Waals surface area (Å²) in [6, 6.07) is 4.66. The molecule has 1 N–H and O–H groups in total. The van der Waals surface area contributed by atoms with Crippen LogP contribution in [0.2, 0.25) is 0 Å². The number of nitrogens with one attached hydrogen (secondary N) is 1. The molecule has 0 spiro atoms. The number of rotatable bonds is 4. The van der Waals surface area contributed by atoms with Crippen LogP contribution in [0.3, 0.4) is 0 Å². The highest BCUT2D eigenvalue weighted by Crippen LogP contribution is 2.29. The van der Waals surface area contributed by atoms with Crippen LogP contribution in [0, 0.1) is 11.8 Å². The Morgan fingerprint density at radius 1 is 1.33 bits per heavy atom. The Morgan fingerprint density at radius 3 is 2.72 bits per heavy atom. The third-order valence-electron chi connectivity index (χ3n) is 4.12. The molecule has 3 heteroatoms. The van der Waals surface area contributed by atoms with E-state index in [1.165, 1.54) is 19.3 Å². The predicted molar refractivity (Wildman–Crippen MR) is 73.6 cm³/mol. The van der Waals surface area contributed by atoms with E-state index in [0.29, 0.717) is 6.04 Å². The van der Waals surface area contributed by atoms with Gasteiger partial charge in [0.2, 0.25) is 5.88 Å². The summed E-state index contributed by atoms with van der Waals surface area (Å²) in [4.78, 5) is 4.24. The van der Waals surface area contributed by atoms with Crippen molar-refractivity contribution < 1.29 is 4.74 Å². The SMILES string of the molecule is COc1ncccc1CNC1C(C)CCCC1C. The van der Waals surface area contributed by atoms with E-state index in [-0.39, 0.29) is 0 Å². The Kier molecular flexibility index (Phi) is 4.59. The fraction of sp³-hybridized carbons (Fsp3) is 0.667. The molecule has 1 aliphatic carbocycles. The summed E-state index contributed by atoms with van der Waals surface area (Å²) >= 11 is 0. The van der Waals surface area contributed by atoms with E-state index in [1.807, 2.05) is 6.07 Å². The topological polar surface area (TPSA) is 34.1 Å². The molecular weight excluding hydrogens is 224 g/mol. The summed E-state index contributed by atoms with van der Waals surface area (Å²) in [5, 5.41) is 3.69. The van der Waals surface area contributed by atoms with Crippen LogP contribution in [-0.2, 0) is 6.54 Å². The van der Waals surface area contributed by atoms with E-state index < -0.39 is 0 Å². The number of hydrogen-bond acceptors (Lipinski definition) is 3. The number of pyridine rings is 1. The lowest BCUT2D eigenvalue weighted by Gasteiger charge is -2.35. The molecule has 100 valence electrons. The summed E-state index contributed by atoms with van der Waals surface area (Å²) in [7, 11) is 1.68. The van der Waals surface area contributed by atoms with Gasteiger partial charge in [0.1, 0.15) is 0 Å². The molecule has 18 heavy (non-hydrogen) atoms. The van der Waals surface area contributed by atoms with Gasteiger partial charge in [-0.15, -0.1) is 0 Å². The molecule has 0 aliphatic heterocycles. The highest BCUT2D eigenvalue weighted by molar-refractivity contribution is 5.25. The number of methoxy groups -OCH3 is 1. The summed E-state index contributed by atoms with van der Waals surface area (Å²) in [5.74, 6) is 2.26. The second-order valence-corrected chi connectivity index (χ2v) is 5.46. The largest absolute Gasteiger partial charge is 0.481 e. The lowest BCUT2D eigenvalue weighted by molar-refractivity contribution is 0.207. The summed E-state index contributed by atoms with van der Waals surface area (Å²) in [6.45, 7) is 5.55. The normalized spacial score (nSPS) is 28.1. The van der Waals surface area contributed by atoms with Crippen molar-refractivity contribution in [3.05, 3.63) is 23.9 Å². The summed E-state index contributed by atoms with van der Waals surface area (Å²) in [5.41, 5.74) is 1.14. The average Bonchev–Trinajstić information content (AvgIpc) is 2.38. The number of ether oxygens (including phenoxy) is 1. The summed E-state index contributed by atoms with van der Waals surface area (Å²) < 4.78 is 5.29. The molecule has 0 radical (unpaired) electrons. The molecule has 2 unspecified atom stereocenters. The minimum atomic E-state index is 0.615. The average molecular weight is 248 g/mol. The molecule has 0 amide bonds. The van der Waals surface area contributed by atoms with E-state index in [1.54, 1.807) is 13.3 Å². The van der Waals surface area contributed by atoms with Gasteiger partial charge in [0.15, 0.2) is 0 Å². The standard InChI is InChI=1S/C15H24N2O/c1-11-6-4-7-12(2)14(11)17-10-13-8-5-9-16-15(13)18-3/h5,8-9,11-12,14,17H,4,6-7,10H2,1-3H3. The molecule has 3 nitrogen and oxygen atoms in total. The Hall–Kier alpha value is -1.09. The number of aromatic nitrogens is 1. The number of hydrogen-bond donors (Lipinski definition) is 1. The molecule has 1 aromatic rings. The predicted octanol–water partition coefficient (Wildman–Crippen LogP) is 3.00. The van der Waals surface area contributed by atoms with Gasteiger partial charge < -0.3 is 10.1 Å². The van der Waals surface area contributed by atoms with Crippen LogP contribution in [0.25, 0.3) is 0 Å². The molecule has 2 rings (SSSR count). The molecular formula is C15H24N2O. The van der Waals surface area contributed by atoms with E-state index in [0.717, 1.165) is 29.8 Å². The highest BCUT2D eigenvalue weighted by atomic mass is 16.5. The van der Waals surface area contributed by atoms with Crippen molar-refractivity contribution >= 4 is 0 Å². The Morgan fingerprint density at radius 2 is 2.06 bits per heavy atom. The molecule has 1 aliphatic rings. The zero-order valence-electron chi connectivity index (χ0n) is 11.6. The maximum atomic E-state index is 5.29. The van der Waals surface area contributed by atoms with Gasteiger partial charge in [-0.05, 0) is 30.7 Å². The minimum absolute atomic E-state index is 0.615. The molecule has 0 bridgehead atoms. The van der Waals surface area contributed by atoms with Crippen molar-refractivity contribution in [3.63, 3.8) is 0 Å². The van der Waals surface area contributed by atoms with Crippen molar-refractivity contribution in [2.24, 2.45) is 11.8 Å². The van der Waals surface area contributed by atoms with Crippen LogP contribution >= 0.6 is 0 Å². The minimum Gasteiger partial charge on any atom is -0.481 e. The van der Waals surface area contributed by atoms with Gasteiger partial charge in [-0.1, -0.05) is 26.3 Å². The van der Waals surface area contributed by atoms with E-state index in [9.17, 15) is 0 Å². The van der Waals surface area contributed by atoms with Crippen molar-refractivity contribution in [3.8, 4) is 5.88 Å². The first kappa shape index (κ1) is 13.3. The van der Waals surface area contributed by atoms with Gasteiger partial charge in [-0.25, -0.2) is 4.98 Å². The zero-order valence-corrected chi connectivity index (χ0v) is 11.6. The molecule has 1 heterocycles. The maximum Gasteiger partial charge on any atom is 0.217 e. The third-order valence-corrected chi connectivity index (χ3v) is 4.12. The smallest absolute Gasteiger partial charge is 0.217 e. The zero-order chi connectivity index (χ0) is 13.0. The monoisotopic (exact) mass is 248 g/mol. The number of nitrogens with zero attached hydrogens (tertiary/aromatic N) is 1. The molecule has 0 aromatic carbocycles. The Balaban J connectivity index is 1.97. The lowest BCUT2D eigenvalue weighted by Crippen LogP contribution is -2.42. The van der Waals surface area contributed by atoms with Crippen LogP contribution in [0.1, 0.15) is 38.7 Å².